The summed E-state index contributed by atoms with van der Waals surface area (Å²) >= 11 is 7.96. The van der Waals surface area contributed by atoms with E-state index in [0.717, 1.165) is 58.3 Å². The predicted octanol–water partition coefficient (Wildman–Crippen LogP) is 6.11. The molecule has 0 saturated carbocycles. The van der Waals surface area contributed by atoms with Crippen molar-refractivity contribution in [2.75, 3.05) is 6.54 Å². The number of halogens is 1. The molecule has 3 aromatic heterocycles. The first-order valence-electron chi connectivity index (χ1n) is 12.9. The van der Waals surface area contributed by atoms with Gasteiger partial charge in [0.15, 0.2) is 5.82 Å². The van der Waals surface area contributed by atoms with Crippen LogP contribution in [0.4, 0.5) is 0 Å². The van der Waals surface area contributed by atoms with Crippen LogP contribution in [0.5, 0.6) is 0 Å². The highest BCUT2D eigenvalue weighted by molar-refractivity contribution is 7.15. The van der Waals surface area contributed by atoms with E-state index >= 15 is 0 Å². The lowest BCUT2D eigenvalue weighted by atomic mass is 9.99. The van der Waals surface area contributed by atoms with Crippen LogP contribution in [-0.2, 0) is 11.2 Å². The molecule has 1 aliphatic rings. The molecule has 0 bridgehead atoms. The van der Waals surface area contributed by atoms with Crippen molar-refractivity contribution < 1.29 is 4.79 Å². The lowest BCUT2D eigenvalue weighted by Gasteiger charge is -2.13. The third-order valence-corrected chi connectivity index (χ3v) is 8.39. The fraction of sp³-hybridized carbons (Fsp3) is 0.345. The Bertz CT molecular complexity index is 1460. The highest BCUT2D eigenvalue weighted by Gasteiger charge is 2.31. The Morgan fingerprint density at radius 2 is 1.92 bits per heavy atom. The number of unbranched alkanes of at least 4 members (excludes halogenated alkanes) is 1. The molecule has 7 nitrogen and oxygen atoms in total. The van der Waals surface area contributed by atoms with Crippen LogP contribution in [0.2, 0.25) is 5.02 Å². The molecule has 1 aliphatic heterocycles. The smallest absolute Gasteiger partial charge is 0.220 e. The average Bonchev–Trinajstić information content (AvgIpc) is 3.39. The highest BCUT2D eigenvalue weighted by Crippen LogP contribution is 2.39. The number of hydrogen-bond acceptors (Lipinski definition) is 6. The fourth-order valence-electron chi connectivity index (χ4n) is 4.77. The van der Waals surface area contributed by atoms with Gasteiger partial charge >= 0.3 is 0 Å². The monoisotopic (exact) mass is 546 g/mol. The summed E-state index contributed by atoms with van der Waals surface area (Å²) in [6.07, 6.45) is 7.30. The van der Waals surface area contributed by atoms with E-state index in [1.54, 1.807) is 23.7 Å². The number of nitrogens with one attached hydrogen (secondary N) is 1. The molecule has 1 aromatic carbocycles. The van der Waals surface area contributed by atoms with Crippen LogP contribution >= 0.6 is 22.9 Å². The van der Waals surface area contributed by atoms with Crippen molar-refractivity contribution in [1.29, 1.82) is 0 Å². The topological polar surface area (TPSA) is 85.1 Å². The van der Waals surface area contributed by atoms with Crippen LogP contribution < -0.4 is 5.32 Å². The molecule has 4 aromatic rings. The van der Waals surface area contributed by atoms with Gasteiger partial charge in [-0.1, -0.05) is 29.8 Å². The number of aryl methyl sites for hydroxylation is 3. The van der Waals surface area contributed by atoms with E-state index in [4.69, 9.17) is 16.6 Å². The van der Waals surface area contributed by atoms with Crippen LogP contribution in [0.1, 0.15) is 70.5 Å². The van der Waals surface area contributed by atoms with E-state index < -0.39 is 0 Å². The van der Waals surface area contributed by atoms with Crippen LogP contribution in [-0.4, -0.2) is 37.9 Å². The first kappa shape index (κ1) is 26.3. The summed E-state index contributed by atoms with van der Waals surface area (Å²) in [5.41, 5.74) is 5.45. The number of benzene rings is 1. The number of rotatable bonds is 9. The Kier molecular flexibility index (Phi) is 8.00. The molecule has 1 N–H and O–H groups in total. The lowest BCUT2D eigenvalue weighted by molar-refractivity contribution is -0.121. The van der Waals surface area contributed by atoms with Gasteiger partial charge in [-0.15, -0.1) is 21.5 Å². The summed E-state index contributed by atoms with van der Waals surface area (Å²) < 4.78 is 2.18. The van der Waals surface area contributed by atoms with Crippen molar-refractivity contribution in [1.82, 2.24) is 25.1 Å². The molecule has 1 amide bonds. The molecule has 0 aliphatic carbocycles. The second-order valence-electron chi connectivity index (χ2n) is 9.61. The molecule has 0 fully saturated rings. The van der Waals surface area contributed by atoms with Crippen molar-refractivity contribution in [3.05, 3.63) is 92.6 Å². The summed E-state index contributed by atoms with van der Waals surface area (Å²) in [4.78, 5) is 23.0. The number of pyridine rings is 1. The van der Waals surface area contributed by atoms with Gasteiger partial charge in [0, 0.05) is 46.4 Å². The molecule has 9 heteroatoms. The van der Waals surface area contributed by atoms with Crippen molar-refractivity contribution in [3.63, 3.8) is 0 Å². The average molecular weight is 547 g/mol. The van der Waals surface area contributed by atoms with Crippen molar-refractivity contribution in [2.24, 2.45) is 4.99 Å². The molecule has 5 rings (SSSR count). The lowest BCUT2D eigenvalue weighted by Crippen LogP contribution is -2.24. The van der Waals surface area contributed by atoms with Gasteiger partial charge in [-0.05, 0) is 75.8 Å². The minimum atomic E-state index is -0.137. The van der Waals surface area contributed by atoms with Gasteiger partial charge < -0.3 is 5.32 Å². The van der Waals surface area contributed by atoms with Gasteiger partial charge in [-0.2, -0.15) is 0 Å². The summed E-state index contributed by atoms with van der Waals surface area (Å²) in [5.74, 6) is 1.80. The Balaban J connectivity index is 1.30. The molecular formula is C29H31ClN6OS. The summed E-state index contributed by atoms with van der Waals surface area (Å²) in [7, 11) is 0. The third-order valence-electron chi connectivity index (χ3n) is 6.95. The van der Waals surface area contributed by atoms with Crippen LogP contribution in [0.15, 0.2) is 53.8 Å². The largest absolute Gasteiger partial charge is 0.356 e. The number of nitrogens with zero attached hydrogens (tertiary/aromatic N) is 5. The Morgan fingerprint density at radius 3 is 2.68 bits per heavy atom. The Morgan fingerprint density at radius 1 is 1.11 bits per heavy atom. The molecular weight excluding hydrogens is 516 g/mol. The molecule has 1 atom stereocenters. The molecule has 0 saturated heterocycles. The number of fused-ring (bicyclic) bond motifs is 3. The Labute approximate surface area is 232 Å². The quantitative estimate of drug-likeness (QED) is 0.256. The zero-order chi connectivity index (χ0) is 26.6. The summed E-state index contributed by atoms with van der Waals surface area (Å²) in [6.45, 7) is 6.95. The summed E-state index contributed by atoms with van der Waals surface area (Å²) in [6, 6.07) is 11.6. The predicted molar refractivity (Wildman–Crippen MR) is 153 cm³/mol. The van der Waals surface area contributed by atoms with E-state index in [2.05, 4.69) is 38.9 Å². The molecule has 0 radical (unpaired) electrons. The van der Waals surface area contributed by atoms with Gasteiger partial charge in [0.1, 0.15) is 16.9 Å². The number of aliphatic imine (C=N–C) groups is 1. The van der Waals surface area contributed by atoms with Gasteiger partial charge in [-0.25, -0.2) is 0 Å². The fourth-order valence-corrected chi connectivity index (χ4v) is 6.11. The van der Waals surface area contributed by atoms with Gasteiger partial charge in [0.25, 0.3) is 0 Å². The van der Waals surface area contributed by atoms with E-state index in [0.29, 0.717) is 24.4 Å². The Hall–Kier alpha value is -3.36. The number of thiophene rings is 1. The number of amides is 1. The minimum Gasteiger partial charge on any atom is -0.356 e. The first-order valence-corrected chi connectivity index (χ1v) is 14.1. The number of carbonyl (C=O) groups is 1. The summed E-state index contributed by atoms with van der Waals surface area (Å²) in [5, 5.41) is 13.9. The second kappa shape index (κ2) is 11.6. The van der Waals surface area contributed by atoms with Crippen LogP contribution in [0, 0.1) is 20.8 Å². The number of aromatic nitrogens is 4. The van der Waals surface area contributed by atoms with Gasteiger partial charge in [0.2, 0.25) is 5.91 Å². The second-order valence-corrected chi connectivity index (χ2v) is 11.3. The van der Waals surface area contributed by atoms with Crippen molar-refractivity contribution in [3.8, 4) is 5.00 Å². The molecule has 1 unspecified atom stereocenters. The first-order chi connectivity index (χ1) is 18.4. The maximum atomic E-state index is 12.3. The number of hydrogen-bond donors (Lipinski definition) is 1. The molecule has 196 valence electrons. The van der Waals surface area contributed by atoms with Crippen molar-refractivity contribution in [2.45, 2.75) is 58.9 Å². The zero-order valence-corrected chi connectivity index (χ0v) is 23.4. The number of carbonyl (C=O) groups excluding carboxylic acids is 1. The van der Waals surface area contributed by atoms with Crippen LogP contribution in [0.3, 0.4) is 0 Å². The maximum absolute atomic E-state index is 12.3. The third kappa shape index (κ3) is 5.56. The highest BCUT2D eigenvalue weighted by atomic mass is 35.5. The molecule has 38 heavy (non-hydrogen) atoms. The zero-order valence-electron chi connectivity index (χ0n) is 21.9. The minimum absolute atomic E-state index is 0.0667. The normalized spacial score (nSPS) is 14.4. The maximum Gasteiger partial charge on any atom is 0.220 e. The molecule has 0 spiro atoms. The van der Waals surface area contributed by atoms with Crippen molar-refractivity contribution >= 4 is 34.6 Å². The van der Waals surface area contributed by atoms with E-state index in [1.165, 1.54) is 10.4 Å². The molecule has 4 heterocycles. The standard InChI is InChI=1S/C29H31ClN6OS/c1-18-19(2)38-29-26(18)27(22-10-12-23(30)13-11-22)33-24(28-35-34-20(3)36(28)29)8-4-5-16-32-25(37)14-9-21-7-6-15-31-17-21/h6-7,10-13,15,17,24H,4-5,8-9,14,16H2,1-3H3,(H,32,37). The van der Waals surface area contributed by atoms with E-state index in [9.17, 15) is 4.79 Å². The van der Waals surface area contributed by atoms with Crippen LogP contribution in [0.25, 0.3) is 5.00 Å². The van der Waals surface area contributed by atoms with E-state index in [1.807, 2.05) is 43.3 Å². The van der Waals surface area contributed by atoms with E-state index in [-0.39, 0.29) is 11.9 Å². The van der Waals surface area contributed by atoms with Gasteiger partial charge in [0.05, 0.1) is 5.71 Å². The SMILES string of the molecule is Cc1sc2c(c1C)C(c1ccc(Cl)cc1)=NC(CCCCNC(=O)CCc1cccnc1)c1nnc(C)n1-2. The van der Waals surface area contributed by atoms with Gasteiger partial charge in [-0.3, -0.25) is 19.3 Å².